The van der Waals surface area contributed by atoms with Gasteiger partial charge in [-0.3, -0.25) is 23.4 Å². The Kier molecular flexibility index (Phi) is 29.6. The average molecular weight is 1020 g/mol. The van der Waals surface area contributed by atoms with Gasteiger partial charge in [0.1, 0.15) is 72.9 Å². The van der Waals surface area contributed by atoms with Crippen LogP contribution < -0.4 is 0 Å². The molecule has 8 rings (SSSR count). The number of hydrogen-bond donors (Lipinski definition) is 0. The monoisotopic (exact) mass is 1020 g/mol. The SMILES string of the molecule is CC(C)c1ncnn1C.CC(C)n1cc(F)cn1.CC(C)n1ccnn1.CC(C)n1cncn1.CCc1ncnn1C(C)C.CCn1ncnc1C(C)C.Cc1nc(C)n(C(C)C)n1.Cc1ncnn1C(C)C. The van der Waals surface area contributed by atoms with Crippen molar-refractivity contribution in [3.8, 4) is 0 Å². The second kappa shape index (κ2) is 33.7. The molecule has 0 aliphatic carbocycles. The van der Waals surface area contributed by atoms with E-state index in [0.717, 1.165) is 47.9 Å². The van der Waals surface area contributed by atoms with Crippen LogP contribution in [-0.4, -0.2) is 113 Å². The standard InChI is InChI=1S/3C7H13N3.C6H9FN2.2C6H11N3.2C5H9N3/c1-5(2)10-7(4)8-6(3)9-10;1-4-10-7(6(2)3)8-5-9-10;1-4-7-8-5-9-10(7)6(2)3;1-5(2)9-4-6(7)3-8-9;1-5(2)6-7-4-8-9(6)3;1-5(2)9-6(3)7-4-8-9;1-5(2)8-4-6-3-7-8;1-5(2)8-4-3-6-7-8/h5H,1-4H3;2*5-6H,4H2,1-3H3;3-5H,1-2H3;2*4-5H,1-3H3;2*3-5H,1-2H3. The lowest BCUT2D eigenvalue weighted by atomic mass is 10.2. The molecule has 0 aliphatic rings. The minimum atomic E-state index is -0.274. The quantitative estimate of drug-likeness (QED) is 0.124. The fourth-order valence-corrected chi connectivity index (χ4v) is 6.16. The van der Waals surface area contributed by atoms with E-state index in [1.54, 1.807) is 62.9 Å². The maximum atomic E-state index is 12.2. The second-order valence-electron chi connectivity index (χ2n) is 18.8. The van der Waals surface area contributed by atoms with Crippen LogP contribution in [0.15, 0.2) is 62.8 Å². The van der Waals surface area contributed by atoms with Crippen molar-refractivity contribution in [2.24, 2.45) is 7.05 Å². The van der Waals surface area contributed by atoms with Gasteiger partial charge in [0.05, 0.1) is 18.6 Å². The first kappa shape index (κ1) is 64.1. The minimum Gasteiger partial charge on any atom is -0.267 e. The van der Waals surface area contributed by atoms with E-state index in [1.807, 2.05) is 66.6 Å². The Morgan fingerprint density at radius 1 is 0.534 bits per heavy atom. The highest BCUT2D eigenvalue weighted by Gasteiger charge is 2.07. The van der Waals surface area contributed by atoms with E-state index < -0.39 is 0 Å². The summed E-state index contributed by atoms with van der Waals surface area (Å²) in [5.41, 5.74) is 0. The van der Waals surface area contributed by atoms with Crippen LogP contribution in [0.4, 0.5) is 4.39 Å². The molecule has 0 aromatic carbocycles. The third kappa shape index (κ3) is 23.9. The van der Waals surface area contributed by atoms with E-state index in [4.69, 9.17) is 0 Å². The lowest BCUT2D eigenvalue weighted by Crippen LogP contribution is -2.06. The molecule has 23 nitrogen and oxygen atoms in total. The largest absolute Gasteiger partial charge is 0.267 e. The van der Waals surface area contributed by atoms with Gasteiger partial charge in [0.2, 0.25) is 0 Å². The van der Waals surface area contributed by atoms with Gasteiger partial charge in [-0.05, 0) is 111 Å². The van der Waals surface area contributed by atoms with Crippen molar-refractivity contribution in [3.63, 3.8) is 0 Å². The van der Waals surface area contributed by atoms with Crippen LogP contribution in [0.3, 0.4) is 0 Å². The summed E-state index contributed by atoms with van der Waals surface area (Å²) in [6.45, 7) is 44.1. The molecule has 0 aliphatic heterocycles. The van der Waals surface area contributed by atoms with Crippen LogP contribution in [0.1, 0.15) is 208 Å². The summed E-state index contributed by atoms with van der Waals surface area (Å²) in [5.74, 6) is 6.67. The Hall–Kier alpha value is -6.88. The minimum absolute atomic E-state index is 0.245. The van der Waals surface area contributed by atoms with Gasteiger partial charge in [0.25, 0.3) is 0 Å². The van der Waals surface area contributed by atoms with E-state index in [9.17, 15) is 4.39 Å². The first-order valence-corrected chi connectivity index (χ1v) is 25.1. The molecule has 0 bridgehead atoms. The molecule has 0 atom stereocenters. The van der Waals surface area contributed by atoms with Crippen LogP contribution in [0.25, 0.3) is 0 Å². The summed E-state index contributed by atoms with van der Waals surface area (Å²) in [6.07, 6.45) is 16.7. The topological polar surface area (TPSA) is 233 Å². The number of rotatable bonds is 10. The zero-order valence-corrected chi connectivity index (χ0v) is 48.0. The summed E-state index contributed by atoms with van der Waals surface area (Å²) < 4.78 is 26.9. The molecule has 0 saturated heterocycles. The molecule has 0 unspecified atom stereocenters. The Labute approximate surface area is 433 Å². The third-order valence-electron chi connectivity index (χ3n) is 9.85. The molecule has 73 heavy (non-hydrogen) atoms. The maximum Gasteiger partial charge on any atom is 0.161 e. The maximum absolute atomic E-state index is 12.2. The molecule has 0 N–H and O–H groups in total. The van der Waals surface area contributed by atoms with Crippen molar-refractivity contribution in [2.45, 2.75) is 206 Å². The van der Waals surface area contributed by atoms with Crippen LogP contribution in [0, 0.1) is 26.6 Å². The molecule has 0 radical (unpaired) electrons. The fourth-order valence-electron chi connectivity index (χ4n) is 6.16. The summed E-state index contributed by atoms with van der Waals surface area (Å²) in [5, 5.41) is 35.5. The van der Waals surface area contributed by atoms with Crippen molar-refractivity contribution < 1.29 is 4.39 Å². The van der Waals surface area contributed by atoms with Gasteiger partial charge in [-0.25, -0.2) is 48.3 Å². The van der Waals surface area contributed by atoms with Crippen molar-refractivity contribution in [3.05, 3.63) is 104 Å². The molecule has 0 fully saturated rings. The van der Waals surface area contributed by atoms with Gasteiger partial charge in [-0.1, -0.05) is 39.8 Å². The van der Waals surface area contributed by atoms with Gasteiger partial charge < -0.3 is 0 Å². The first-order chi connectivity index (χ1) is 34.4. The lowest BCUT2D eigenvalue weighted by Gasteiger charge is -2.06. The molecule has 8 aromatic rings. The number of aromatic nitrogens is 23. The Balaban J connectivity index is 0.000000418. The zero-order chi connectivity index (χ0) is 55.4. The molecule has 406 valence electrons. The van der Waals surface area contributed by atoms with Crippen LogP contribution in [-0.2, 0) is 20.0 Å². The van der Waals surface area contributed by atoms with Gasteiger partial charge in [0.15, 0.2) is 5.82 Å². The predicted octanol–water partition coefficient (Wildman–Crippen LogP) is 9.75. The normalized spacial score (nSPS) is 10.7. The number of nitrogens with zero attached hydrogens (tertiary/aromatic N) is 23. The third-order valence-corrected chi connectivity index (χ3v) is 9.85. The van der Waals surface area contributed by atoms with Crippen LogP contribution in [0.2, 0.25) is 0 Å². The van der Waals surface area contributed by atoms with Gasteiger partial charge in [-0.15, -0.1) is 5.10 Å². The average Bonchev–Trinajstić information content (AvgIpc) is 4.18. The predicted molar refractivity (Wildman–Crippen MR) is 283 cm³/mol. The van der Waals surface area contributed by atoms with Crippen molar-refractivity contribution in [1.82, 2.24) is 113 Å². The smallest absolute Gasteiger partial charge is 0.161 e. The van der Waals surface area contributed by atoms with E-state index in [2.05, 4.69) is 187 Å². The van der Waals surface area contributed by atoms with Gasteiger partial charge in [0, 0.05) is 74.3 Å². The lowest BCUT2D eigenvalue weighted by molar-refractivity contribution is 0.508. The van der Waals surface area contributed by atoms with E-state index in [-0.39, 0.29) is 11.9 Å². The summed E-state index contributed by atoms with van der Waals surface area (Å²) in [6, 6.07) is 2.37. The summed E-state index contributed by atoms with van der Waals surface area (Å²) in [4.78, 5) is 24.3. The second-order valence-corrected chi connectivity index (χ2v) is 18.8. The number of hydrogen-bond acceptors (Lipinski definition) is 15. The molecule has 0 saturated carbocycles. The molecule has 24 heteroatoms. The molecular weight excluding hydrogens is 930 g/mol. The Morgan fingerprint density at radius 3 is 1.36 bits per heavy atom. The molecule has 0 spiro atoms. The highest BCUT2D eigenvalue weighted by atomic mass is 19.1. The van der Waals surface area contributed by atoms with E-state index >= 15 is 0 Å². The highest BCUT2D eigenvalue weighted by Crippen LogP contribution is 2.10. The Morgan fingerprint density at radius 2 is 1.08 bits per heavy atom. The summed E-state index contributed by atoms with van der Waals surface area (Å²) >= 11 is 0. The summed E-state index contributed by atoms with van der Waals surface area (Å²) in [7, 11) is 1.91. The van der Waals surface area contributed by atoms with Crippen molar-refractivity contribution in [1.29, 1.82) is 0 Å². The van der Waals surface area contributed by atoms with Gasteiger partial charge in [-0.2, -0.15) is 35.7 Å². The molecular formula is C49H88FN23. The van der Waals surface area contributed by atoms with Crippen LogP contribution >= 0.6 is 0 Å². The number of halogens is 1. The number of aryl methyl sites for hydroxylation is 6. The van der Waals surface area contributed by atoms with E-state index in [0.29, 0.717) is 42.0 Å². The molecule has 8 aromatic heterocycles. The Bertz CT molecular complexity index is 2420. The zero-order valence-electron chi connectivity index (χ0n) is 48.0. The fraction of sp³-hybridized carbons (Fsp3) is 0.653. The van der Waals surface area contributed by atoms with Crippen molar-refractivity contribution in [2.75, 3.05) is 0 Å². The molecule has 0 amide bonds. The van der Waals surface area contributed by atoms with Crippen LogP contribution in [0.5, 0.6) is 0 Å². The van der Waals surface area contributed by atoms with Gasteiger partial charge >= 0.3 is 0 Å². The molecule has 8 heterocycles. The van der Waals surface area contributed by atoms with E-state index in [1.165, 1.54) is 12.4 Å². The highest BCUT2D eigenvalue weighted by molar-refractivity contribution is 4.92. The van der Waals surface area contributed by atoms with Crippen molar-refractivity contribution >= 4 is 0 Å². The first-order valence-electron chi connectivity index (χ1n) is 25.1.